The Balaban J connectivity index is 1.72. The molecule has 0 bridgehead atoms. The van der Waals surface area contributed by atoms with Gasteiger partial charge in [-0.3, -0.25) is 0 Å². The normalized spacial score (nSPS) is 39.8. The molecule has 3 heteroatoms. The molecule has 0 amide bonds. The summed E-state index contributed by atoms with van der Waals surface area (Å²) in [7, 11) is 1.62. The number of fused-ring (bicyclic) bond motifs is 5. The Morgan fingerprint density at radius 1 is 1.18 bits per heavy atom. The fourth-order valence-electron chi connectivity index (χ4n) is 5.72. The molecule has 4 rings (SSSR count). The molecule has 2 saturated carbocycles. The highest BCUT2D eigenvalue weighted by Gasteiger charge is 2.54. The predicted molar refractivity (Wildman–Crippen MR) is 85.3 cm³/mol. The predicted octanol–water partition coefficient (Wildman–Crippen LogP) is 3.62. The Kier molecular flexibility index (Phi) is 3.19. The van der Waals surface area contributed by atoms with Crippen LogP contribution in [0.4, 0.5) is 0 Å². The molecular formula is C19H26O3. The number of methoxy groups -OCH3 is 1. The van der Waals surface area contributed by atoms with Crippen molar-refractivity contribution < 1.29 is 14.9 Å². The van der Waals surface area contributed by atoms with Crippen molar-refractivity contribution in [1.82, 2.24) is 0 Å². The van der Waals surface area contributed by atoms with Crippen LogP contribution in [0.15, 0.2) is 12.1 Å². The molecule has 22 heavy (non-hydrogen) atoms. The molecule has 0 aromatic heterocycles. The zero-order valence-corrected chi connectivity index (χ0v) is 13.5. The van der Waals surface area contributed by atoms with Crippen LogP contribution in [0.25, 0.3) is 0 Å². The average molecular weight is 302 g/mol. The summed E-state index contributed by atoms with van der Waals surface area (Å²) in [6, 6.07) is 3.97. The van der Waals surface area contributed by atoms with Gasteiger partial charge in [0.15, 0.2) is 11.5 Å². The van der Waals surface area contributed by atoms with E-state index >= 15 is 0 Å². The summed E-state index contributed by atoms with van der Waals surface area (Å²) in [4.78, 5) is 0. The lowest BCUT2D eigenvalue weighted by Crippen LogP contribution is -2.43. The van der Waals surface area contributed by atoms with E-state index in [4.69, 9.17) is 4.74 Å². The van der Waals surface area contributed by atoms with Gasteiger partial charge >= 0.3 is 0 Å². The number of rotatable bonds is 1. The minimum atomic E-state index is -0.116. The monoisotopic (exact) mass is 302 g/mol. The van der Waals surface area contributed by atoms with Crippen LogP contribution < -0.4 is 4.74 Å². The Morgan fingerprint density at radius 2 is 2.00 bits per heavy atom. The van der Waals surface area contributed by atoms with Crippen LogP contribution in [-0.4, -0.2) is 23.4 Å². The van der Waals surface area contributed by atoms with Gasteiger partial charge < -0.3 is 14.9 Å². The molecule has 0 unspecified atom stereocenters. The minimum absolute atomic E-state index is 0.116. The number of aliphatic hydroxyl groups is 1. The number of phenols is 1. The standard InChI is InChI=1S/C19H26O3/c1-19-8-7-12-13(15(19)5-6-18(19)21)4-3-11-9-16(20)17(22-2)10-14(11)12/h9-10,12-13,15,18,20-21H,3-8H2,1-2H3/t12-,13+,15+,18+,19-/m0/s1. The summed E-state index contributed by atoms with van der Waals surface area (Å²) in [6.45, 7) is 2.30. The van der Waals surface area contributed by atoms with Gasteiger partial charge in [0.25, 0.3) is 0 Å². The topological polar surface area (TPSA) is 49.7 Å². The van der Waals surface area contributed by atoms with Gasteiger partial charge in [-0.15, -0.1) is 0 Å². The summed E-state index contributed by atoms with van der Waals surface area (Å²) in [5, 5.41) is 20.5. The molecule has 120 valence electrons. The van der Waals surface area contributed by atoms with Gasteiger partial charge in [-0.1, -0.05) is 6.92 Å². The maximum Gasteiger partial charge on any atom is 0.160 e. The second-order valence-corrected chi connectivity index (χ2v) is 7.78. The Bertz CT molecular complexity index is 597. The van der Waals surface area contributed by atoms with Crippen LogP contribution in [0, 0.1) is 17.3 Å². The molecule has 0 spiro atoms. The highest BCUT2D eigenvalue weighted by molar-refractivity contribution is 5.49. The lowest BCUT2D eigenvalue weighted by molar-refractivity contribution is -0.0226. The third kappa shape index (κ3) is 1.84. The van der Waals surface area contributed by atoms with Gasteiger partial charge in [0.05, 0.1) is 13.2 Å². The minimum Gasteiger partial charge on any atom is -0.504 e. The molecule has 0 heterocycles. The molecule has 1 aromatic carbocycles. The number of ether oxygens (including phenoxy) is 1. The SMILES string of the molecule is COc1cc2c(cc1O)CC[C@@H]1[C@@H]2CC[C@]2(C)[C@H](O)CC[C@H]12. The first-order valence-electron chi connectivity index (χ1n) is 8.62. The Hall–Kier alpha value is -1.22. The van der Waals surface area contributed by atoms with Crippen LogP contribution in [0.3, 0.4) is 0 Å². The van der Waals surface area contributed by atoms with Gasteiger partial charge in [0.1, 0.15) is 0 Å². The van der Waals surface area contributed by atoms with E-state index in [-0.39, 0.29) is 17.3 Å². The molecule has 3 aliphatic rings. The number of hydrogen-bond acceptors (Lipinski definition) is 3. The van der Waals surface area contributed by atoms with E-state index in [1.807, 2.05) is 6.07 Å². The fourth-order valence-corrected chi connectivity index (χ4v) is 5.72. The molecule has 5 atom stereocenters. The summed E-state index contributed by atoms with van der Waals surface area (Å²) in [5.41, 5.74) is 2.80. The number of benzene rings is 1. The maximum atomic E-state index is 10.4. The molecule has 0 radical (unpaired) electrons. The third-order valence-corrected chi connectivity index (χ3v) is 6.97. The first-order valence-corrected chi connectivity index (χ1v) is 8.62. The average Bonchev–Trinajstić information content (AvgIpc) is 2.82. The van der Waals surface area contributed by atoms with E-state index in [1.165, 1.54) is 24.0 Å². The lowest BCUT2D eigenvalue weighted by atomic mass is 9.55. The van der Waals surface area contributed by atoms with Crippen molar-refractivity contribution in [2.45, 2.75) is 57.5 Å². The van der Waals surface area contributed by atoms with Crippen molar-refractivity contribution >= 4 is 0 Å². The van der Waals surface area contributed by atoms with Gasteiger partial charge in [-0.05, 0) is 85.0 Å². The molecular weight excluding hydrogens is 276 g/mol. The zero-order valence-electron chi connectivity index (χ0n) is 13.5. The first kappa shape index (κ1) is 14.4. The molecule has 0 saturated heterocycles. The highest BCUT2D eigenvalue weighted by Crippen LogP contribution is 2.61. The molecule has 2 fully saturated rings. The number of phenolic OH excluding ortho intramolecular Hbond substituents is 1. The van der Waals surface area contributed by atoms with Crippen molar-refractivity contribution in [2.75, 3.05) is 7.11 Å². The summed E-state index contributed by atoms with van der Waals surface area (Å²) in [6.07, 6.45) is 6.51. The number of aromatic hydroxyl groups is 1. The summed E-state index contributed by atoms with van der Waals surface area (Å²) < 4.78 is 5.32. The Morgan fingerprint density at radius 3 is 2.77 bits per heavy atom. The Labute approximate surface area is 132 Å². The third-order valence-electron chi connectivity index (χ3n) is 6.97. The van der Waals surface area contributed by atoms with Gasteiger partial charge in [0.2, 0.25) is 0 Å². The van der Waals surface area contributed by atoms with E-state index < -0.39 is 0 Å². The van der Waals surface area contributed by atoms with Crippen LogP contribution >= 0.6 is 0 Å². The zero-order chi connectivity index (χ0) is 15.5. The number of hydrogen-bond donors (Lipinski definition) is 2. The van der Waals surface area contributed by atoms with Crippen molar-refractivity contribution in [2.24, 2.45) is 17.3 Å². The van der Waals surface area contributed by atoms with Crippen LogP contribution in [-0.2, 0) is 6.42 Å². The van der Waals surface area contributed by atoms with Gasteiger partial charge in [-0.25, -0.2) is 0 Å². The van der Waals surface area contributed by atoms with Crippen LogP contribution in [0.1, 0.15) is 56.1 Å². The van der Waals surface area contributed by atoms with Crippen LogP contribution in [0.5, 0.6) is 11.5 Å². The van der Waals surface area contributed by atoms with Crippen molar-refractivity contribution in [1.29, 1.82) is 0 Å². The molecule has 3 nitrogen and oxygen atoms in total. The van der Waals surface area contributed by atoms with Crippen molar-refractivity contribution in [3.8, 4) is 11.5 Å². The van der Waals surface area contributed by atoms with Crippen LogP contribution in [0.2, 0.25) is 0 Å². The van der Waals surface area contributed by atoms with E-state index in [0.717, 1.165) is 25.7 Å². The summed E-state index contributed by atoms with van der Waals surface area (Å²) >= 11 is 0. The quantitative estimate of drug-likeness (QED) is 0.833. The maximum absolute atomic E-state index is 10.4. The smallest absolute Gasteiger partial charge is 0.160 e. The van der Waals surface area contributed by atoms with Gasteiger partial charge in [0, 0.05) is 0 Å². The van der Waals surface area contributed by atoms with Gasteiger partial charge in [-0.2, -0.15) is 0 Å². The van der Waals surface area contributed by atoms with Crippen molar-refractivity contribution in [3.63, 3.8) is 0 Å². The number of aliphatic hydroxyl groups excluding tert-OH is 1. The molecule has 3 aliphatic carbocycles. The molecule has 2 N–H and O–H groups in total. The molecule has 0 aliphatic heterocycles. The highest BCUT2D eigenvalue weighted by atomic mass is 16.5. The second-order valence-electron chi connectivity index (χ2n) is 7.78. The first-order chi connectivity index (χ1) is 10.5. The summed E-state index contributed by atoms with van der Waals surface area (Å²) in [5.74, 6) is 2.75. The second kappa shape index (κ2) is 4.89. The fraction of sp³-hybridized carbons (Fsp3) is 0.684. The van der Waals surface area contributed by atoms with E-state index in [0.29, 0.717) is 23.5 Å². The molecule has 1 aromatic rings. The number of aryl methyl sites for hydroxylation is 1. The largest absolute Gasteiger partial charge is 0.504 e. The lowest BCUT2D eigenvalue weighted by Gasteiger charge is -2.50. The van der Waals surface area contributed by atoms with E-state index in [9.17, 15) is 10.2 Å². The van der Waals surface area contributed by atoms with E-state index in [2.05, 4.69) is 13.0 Å². The van der Waals surface area contributed by atoms with E-state index in [1.54, 1.807) is 7.11 Å². The van der Waals surface area contributed by atoms with Crippen molar-refractivity contribution in [3.05, 3.63) is 23.3 Å².